The first-order chi connectivity index (χ1) is 7.69. The Morgan fingerprint density at radius 1 is 1.25 bits per heavy atom. The molecule has 90 valence electrons. The molecule has 1 aromatic rings. The molecule has 2 heteroatoms. The number of methoxy groups -OCH3 is 1. The highest BCUT2D eigenvalue weighted by atomic mass is 16.5. The Bertz CT molecular complexity index is 310. The summed E-state index contributed by atoms with van der Waals surface area (Å²) in [6, 6.07) is 8.28. The molecule has 0 saturated carbocycles. The highest BCUT2D eigenvalue weighted by molar-refractivity contribution is 5.29. The van der Waals surface area contributed by atoms with Crippen LogP contribution in [0.4, 0.5) is 0 Å². The summed E-state index contributed by atoms with van der Waals surface area (Å²) in [5, 5.41) is 0. The van der Waals surface area contributed by atoms with E-state index < -0.39 is 0 Å². The van der Waals surface area contributed by atoms with E-state index >= 15 is 0 Å². The van der Waals surface area contributed by atoms with Gasteiger partial charge < -0.3 is 10.5 Å². The van der Waals surface area contributed by atoms with Gasteiger partial charge in [0.15, 0.2) is 0 Å². The van der Waals surface area contributed by atoms with Gasteiger partial charge in [0.05, 0.1) is 7.11 Å². The van der Waals surface area contributed by atoms with Crippen molar-refractivity contribution in [1.82, 2.24) is 0 Å². The van der Waals surface area contributed by atoms with Crippen LogP contribution in [0.3, 0.4) is 0 Å². The van der Waals surface area contributed by atoms with Gasteiger partial charge in [0.2, 0.25) is 0 Å². The predicted molar refractivity (Wildman–Crippen MR) is 68.8 cm³/mol. The minimum atomic E-state index is 0.242. The summed E-state index contributed by atoms with van der Waals surface area (Å²) in [6.45, 7) is 5.18. The summed E-state index contributed by atoms with van der Waals surface area (Å²) < 4.78 is 5.24. The van der Waals surface area contributed by atoms with Gasteiger partial charge in [0.1, 0.15) is 5.75 Å². The maximum absolute atomic E-state index is 5.92. The molecule has 0 aliphatic rings. The van der Waals surface area contributed by atoms with Gasteiger partial charge in [-0.1, -0.05) is 26.0 Å². The fourth-order valence-electron chi connectivity index (χ4n) is 2.08. The Balaban J connectivity index is 2.84. The molecule has 1 rings (SSSR count). The number of ether oxygens (including phenoxy) is 1. The fraction of sp³-hybridized carbons (Fsp3) is 0.571. The van der Waals surface area contributed by atoms with Gasteiger partial charge in [0, 0.05) is 0 Å². The van der Waals surface area contributed by atoms with Crippen LogP contribution in [0.1, 0.15) is 32.3 Å². The molecule has 2 nitrogen and oxygen atoms in total. The highest BCUT2D eigenvalue weighted by Crippen LogP contribution is 2.30. The Kier molecular flexibility index (Phi) is 4.81. The zero-order valence-electron chi connectivity index (χ0n) is 10.6. The normalized spacial score (nSPS) is 11.5. The van der Waals surface area contributed by atoms with Gasteiger partial charge in [-0.15, -0.1) is 0 Å². The molecule has 0 amide bonds. The van der Waals surface area contributed by atoms with E-state index in [0.29, 0.717) is 0 Å². The molecule has 1 aromatic carbocycles. The van der Waals surface area contributed by atoms with Crippen LogP contribution in [0.5, 0.6) is 5.75 Å². The first-order valence-corrected chi connectivity index (χ1v) is 6.02. The molecule has 0 aliphatic carbocycles. The number of rotatable bonds is 6. The van der Waals surface area contributed by atoms with Gasteiger partial charge in [-0.3, -0.25) is 0 Å². The van der Waals surface area contributed by atoms with Crippen molar-refractivity contribution in [3.63, 3.8) is 0 Å². The Morgan fingerprint density at radius 3 is 2.44 bits per heavy atom. The molecule has 2 N–H and O–H groups in total. The van der Waals surface area contributed by atoms with Gasteiger partial charge in [-0.05, 0) is 48.9 Å². The number of nitrogens with two attached hydrogens (primary N) is 1. The van der Waals surface area contributed by atoms with Crippen LogP contribution in [0.2, 0.25) is 0 Å². The van der Waals surface area contributed by atoms with Gasteiger partial charge in [0.25, 0.3) is 0 Å². The monoisotopic (exact) mass is 221 g/mol. The smallest absolute Gasteiger partial charge is 0.119 e. The van der Waals surface area contributed by atoms with Crippen molar-refractivity contribution < 1.29 is 4.74 Å². The molecular weight excluding hydrogens is 198 g/mol. The number of benzene rings is 1. The predicted octanol–water partition coefficient (Wildman–Crippen LogP) is 3.00. The molecule has 0 atom stereocenters. The van der Waals surface area contributed by atoms with Crippen molar-refractivity contribution >= 4 is 0 Å². The molecule has 0 radical (unpaired) electrons. The Hall–Kier alpha value is -1.02. The van der Waals surface area contributed by atoms with Gasteiger partial charge in [-0.2, -0.15) is 0 Å². The molecule has 0 heterocycles. The van der Waals surface area contributed by atoms with E-state index in [0.717, 1.165) is 31.6 Å². The van der Waals surface area contributed by atoms with Gasteiger partial charge >= 0.3 is 0 Å². The van der Waals surface area contributed by atoms with Crippen LogP contribution >= 0.6 is 0 Å². The quantitative estimate of drug-likeness (QED) is 0.801. The van der Waals surface area contributed by atoms with Gasteiger partial charge in [-0.25, -0.2) is 0 Å². The van der Waals surface area contributed by atoms with E-state index in [9.17, 15) is 0 Å². The summed E-state index contributed by atoms with van der Waals surface area (Å²) in [5.41, 5.74) is 7.47. The molecule has 0 aromatic heterocycles. The minimum absolute atomic E-state index is 0.242. The second-order valence-electron chi connectivity index (χ2n) is 4.44. The summed E-state index contributed by atoms with van der Waals surface area (Å²) in [5.74, 6) is 0.927. The average molecular weight is 221 g/mol. The lowest BCUT2D eigenvalue weighted by molar-refractivity contribution is 0.271. The summed E-state index contributed by atoms with van der Waals surface area (Å²) in [4.78, 5) is 0. The third kappa shape index (κ3) is 2.99. The second-order valence-corrected chi connectivity index (χ2v) is 4.44. The van der Waals surface area contributed by atoms with Crippen LogP contribution < -0.4 is 10.5 Å². The van der Waals surface area contributed by atoms with Crippen molar-refractivity contribution in [3.8, 4) is 5.75 Å². The molecular formula is C14H23NO. The van der Waals surface area contributed by atoms with Crippen LogP contribution in [0, 0.1) is 5.41 Å². The second kappa shape index (κ2) is 5.90. The zero-order valence-corrected chi connectivity index (χ0v) is 10.6. The summed E-state index contributed by atoms with van der Waals surface area (Å²) in [7, 11) is 1.70. The van der Waals surface area contributed by atoms with Crippen molar-refractivity contribution in [2.45, 2.75) is 33.1 Å². The van der Waals surface area contributed by atoms with Crippen LogP contribution in [-0.2, 0) is 6.42 Å². The Labute approximate surface area is 98.8 Å². The number of hydrogen-bond acceptors (Lipinski definition) is 2. The molecule has 0 saturated heterocycles. The first kappa shape index (κ1) is 13.0. The summed E-state index contributed by atoms with van der Waals surface area (Å²) >= 11 is 0. The third-order valence-corrected chi connectivity index (χ3v) is 3.65. The highest BCUT2D eigenvalue weighted by Gasteiger charge is 2.24. The van der Waals surface area contributed by atoms with E-state index in [1.807, 2.05) is 12.1 Å². The lowest BCUT2D eigenvalue weighted by atomic mass is 9.77. The lowest BCUT2D eigenvalue weighted by Gasteiger charge is -2.30. The van der Waals surface area contributed by atoms with Crippen molar-refractivity contribution in [3.05, 3.63) is 29.8 Å². The molecule has 0 bridgehead atoms. The van der Waals surface area contributed by atoms with Crippen LogP contribution in [0.25, 0.3) is 0 Å². The number of hydrogen-bond donors (Lipinski definition) is 1. The summed E-state index contributed by atoms with van der Waals surface area (Å²) in [6.07, 6.45) is 3.28. The van der Waals surface area contributed by atoms with E-state index in [-0.39, 0.29) is 5.41 Å². The fourth-order valence-corrected chi connectivity index (χ4v) is 2.08. The third-order valence-electron chi connectivity index (χ3n) is 3.65. The topological polar surface area (TPSA) is 35.2 Å². The van der Waals surface area contributed by atoms with E-state index in [4.69, 9.17) is 10.5 Å². The SMILES string of the molecule is CCC(CC)(CN)Cc1cccc(OC)c1. The average Bonchev–Trinajstić information content (AvgIpc) is 2.36. The molecule has 0 unspecified atom stereocenters. The van der Waals surface area contributed by atoms with Crippen LogP contribution in [0.15, 0.2) is 24.3 Å². The van der Waals surface area contributed by atoms with E-state index in [2.05, 4.69) is 26.0 Å². The van der Waals surface area contributed by atoms with E-state index in [1.165, 1.54) is 5.56 Å². The standard InChI is InChI=1S/C14H23NO/c1-4-14(5-2,11-15)10-12-7-6-8-13(9-12)16-3/h6-9H,4-5,10-11,15H2,1-3H3. The van der Waals surface area contributed by atoms with Crippen LogP contribution in [-0.4, -0.2) is 13.7 Å². The minimum Gasteiger partial charge on any atom is -0.497 e. The van der Waals surface area contributed by atoms with Crippen molar-refractivity contribution in [2.24, 2.45) is 11.1 Å². The Morgan fingerprint density at radius 2 is 1.94 bits per heavy atom. The van der Waals surface area contributed by atoms with Crippen molar-refractivity contribution in [1.29, 1.82) is 0 Å². The maximum Gasteiger partial charge on any atom is 0.119 e. The molecule has 0 spiro atoms. The van der Waals surface area contributed by atoms with Crippen molar-refractivity contribution in [2.75, 3.05) is 13.7 Å². The molecule has 0 fully saturated rings. The largest absolute Gasteiger partial charge is 0.497 e. The lowest BCUT2D eigenvalue weighted by Crippen LogP contribution is -2.31. The molecule has 16 heavy (non-hydrogen) atoms. The maximum atomic E-state index is 5.92. The molecule has 0 aliphatic heterocycles. The zero-order chi connectivity index (χ0) is 12.0. The van der Waals surface area contributed by atoms with E-state index in [1.54, 1.807) is 7.11 Å². The first-order valence-electron chi connectivity index (χ1n) is 6.02.